The van der Waals surface area contributed by atoms with E-state index < -0.39 is 16.0 Å². The van der Waals surface area contributed by atoms with Crippen LogP contribution < -0.4 is 14.5 Å². The molecule has 8 nitrogen and oxygen atoms in total. The van der Waals surface area contributed by atoms with E-state index in [2.05, 4.69) is 46.0 Å². The third-order valence-electron chi connectivity index (χ3n) is 7.53. The average molecular weight is 590 g/mol. The van der Waals surface area contributed by atoms with Crippen molar-refractivity contribution in [1.29, 1.82) is 0 Å². The minimum atomic E-state index is -3.30. The molecule has 1 amide bonds. The molecule has 0 aliphatic heterocycles. The van der Waals surface area contributed by atoms with Crippen molar-refractivity contribution in [2.45, 2.75) is 38.3 Å². The van der Waals surface area contributed by atoms with Crippen LogP contribution in [0.15, 0.2) is 78.9 Å². The summed E-state index contributed by atoms with van der Waals surface area (Å²) in [5.41, 5.74) is 5.83. The molecule has 9 heteroatoms. The predicted molar refractivity (Wildman–Crippen MR) is 169 cm³/mol. The minimum absolute atomic E-state index is 0.00486. The Bertz CT molecular complexity index is 1510. The second-order valence-electron chi connectivity index (χ2n) is 11.0. The third-order valence-corrected chi connectivity index (χ3v) is 8.29. The summed E-state index contributed by atoms with van der Waals surface area (Å²) in [6.07, 6.45) is 6.61. The molecule has 0 aromatic heterocycles. The summed E-state index contributed by atoms with van der Waals surface area (Å²) in [4.78, 5) is 29.5. The average Bonchev–Trinajstić information content (AvgIpc) is 2.98. The molecule has 0 unspecified atom stereocenters. The molecule has 0 heterocycles. The number of sulfonamides is 1. The van der Waals surface area contributed by atoms with E-state index in [4.69, 9.17) is 4.74 Å². The van der Waals surface area contributed by atoms with Crippen molar-refractivity contribution in [2.75, 3.05) is 37.3 Å². The van der Waals surface area contributed by atoms with Gasteiger partial charge in [-0.25, -0.2) is 17.9 Å². The van der Waals surface area contributed by atoms with Crippen LogP contribution in [0, 0.1) is 5.92 Å². The maximum atomic E-state index is 14.0. The van der Waals surface area contributed by atoms with Crippen LogP contribution in [-0.4, -0.2) is 53.8 Å². The van der Waals surface area contributed by atoms with Crippen molar-refractivity contribution >= 4 is 39.4 Å². The highest BCUT2D eigenvalue weighted by atomic mass is 32.2. The first-order valence-electron chi connectivity index (χ1n) is 14.0. The standard InChI is InChI=1S/C33H39N3O5S/c1-35(2)30-19-15-27(16-20-30)26-11-8-25(9-12-26)23-36(31-7-5-6-24(22-31)10-21-32(37)41-3)33(38)28-13-17-29(18-14-28)34-42(4,39)40/h5-12,15-16,19-22,28-29,34H,13-14,17-18,23H2,1-4H3/b21-10+/t28-,29-. The molecular weight excluding hydrogens is 550 g/mol. The number of hydrogen-bond acceptors (Lipinski definition) is 6. The molecular formula is C33H39N3O5S. The molecule has 0 radical (unpaired) electrons. The Morgan fingerprint density at radius 1 is 0.905 bits per heavy atom. The van der Waals surface area contributed by atoms with Crippen molar-refractivity contribution in [1.82, 2.24) is 4.72 Å². The Balaban J connectivity index is 1.57. The van der Waals surface area contributed by atoms with Gasteiger partial charge in [0.15, 0.2) is 0 Å². The van der Waals surface area contributed by atoms with Gasteiger partial charge < -0.3 is 14.5 Å². The summed E-state index contributed by atoms with van der Waals surface area (Å²) in [5, 5.41) is 0. The molecule has 3 aromatic carbocycles. The van der Waals surface area contributed by atoms with Gasteiger partial charge in [0.05, 0.1) is 19.9 Å². The number of anilines is 2. The molecule has 0 atom stereocenters. The third kappa shape index (κ3) is 8.53. The number of methoxy groups -OCH3 is 1. The van der Waals surface area contributed by atoms with Gasteiger partial charge in [0.2, 0.25) is 15.9 Å². The molecule has 4 rings (SSSR count). The van der Waals surface area contributed by atoms with Crippen LogP contribution in [0.2, 0.25) is 0 Å². The van der Waals surface area contributed by atoms with Crippen LogP contribution in [0.1, 0.15) is 36.8 Å². The number of hydrogen-bond donors (Lipinski definition) is 1. The first kappa shape index (κ1) is 31.0. The highest BCUT2D eigenvalue weighted by Crippen LogP contribution is 2.31. The first-order valence-corrected chi connectivity index (χ1v) is 15.9. The summed E-state index contributed by atoms with van der Waals surface area (Å²) in [5.74, 6) is -0.666. The lowest BCUT2D eigenvalue weighted by Crippen LogP contribution is -2.42. The van der Waals surface area contributed by atoms with Crippen LogP contribution in [0.4, 0.5) is 11.4 Å². The smallest absolute Gasteiger partial charge is 0.330 e. The molecule has 1 saturated carbocycles. The number of ether oxygens (including phenoxy) is 1. The molecule has 1 aliphatic carbocycles. The highest BCUT2D eigenvalue weighted by Gasteiger charge is 2.31. The van der Waals surface area contributed by atoms with Crippen molar-refractivity contribution in [3.63, 3.8) is 0 Å². The number of rotatable bonds is 10. The molecule has 1 fully saturated rings. The Morgan fingerprint density at radius 2 is 1.52 bits per heavy atom. The number of amides is 1. The van der Waals surface area contributed by atoms with Gasteiger partial charge >= 0.3 is 5.97 Å². The molecule has 222 valence electrons. The zero-order chi connectivity index (χ0) is 30.3. The van der Waals surface area contributed by atoms with Gasteiger partial charge in [-0.05, 0) is 78.3 Å². The summed E-state index contributed by atoms with van der Waals surface area (Å²) < 4.78 is 30.8. The lowest BCUT2D eigenvalue weighted by Gasteiger charge is -2.32. The Labute approximate surface area is 249 Å². The van der Waals surface area contributed by atoms with Crippen molar-refractivity contribution < 1.29 is 22.7 Å². The number of carbonyl (C=O) groups excluding carboxylic acids is 2. The lowest BCUT2D eigenvalue weighted by atomic mass is 9.85. The lowest BCUT2D eigenvalue weighted by molar-refractivity contribution is -0.134. The zero-order valence-electron chi connectivity index (χ0n) is 24.6. The van der Waals surface area contributed by atoms with E-state index in [1.807, 2.05) is 50.5 Å². The Morgan fingerprint density at radius 3 is 2.10 bits per heavy atom. The second-order valence-corrected chi connectivity index (χ2v) is 12.7. The van der Waals surface area contributed by atoms with E-state index in [1.165, 1.54) is 13.2 Å². The Hall–Kier alpha value is -3.95. The van der Waals surface area contributed by atoms with E-state index in [0.717, 1.165) is 39.9 Å². The molecule has 1 N–H and O–H groups in total. The van der Waals surface area contributed by atoms with Crippen LogP contribution in [0.3, 0.4) is 0 Å². The topological polar surface area (TPSA) is 96.0 Å². The molecule has 0 saturated heterocycles. The van der Waals surface area contributed by atoms with E-state index in [1.54, 1.807) is 11.0 Å². The highest BCUT2D eigenvalue weighted by molar-refractivity contribution is 7.88. The fraction of sp³-hybridized carbons (Fsp3) is 0.333. The van der Waals surface area contributed by atoms with Gasteiger partial charge in [0, 0.05) is 43.5 Å². The van der Waals surface area contributed by atoms with Gasteiger partial charge in [-0.1, -0.05) is 48.5 Å². The van der Waals surface area contributed by atoms with Crippen molar-refractivity contribution in [3.8, 4) is 11.1 Å². The zero-order valence-corrected chi connectivity index (χ0v) is 25.4. The normalized spacial score (nSPS) is 17.1. The maximum Gasteiger partial charge on any atom is 0.330 e. The SMILES string of the molecule is COC(=O)/C=C/c1cccc(N(Cc2ccc(-c3ccc(N(C)C)cc3)cc2)C(=O)[C@H]2CC[C@H](NS(C)(=O)=O)CC2)c1. The number of nitrogens with zero attached hydrogens (tertiary/aromatic N) is 2. The van der Waals surface area contributed by atoms with Gasteiger partial charge in [-0.15, -0.1) is 0 Å². The minimum Gasteiger partial charge on any atom is -0.466 e. The molecule has 0 spiro atoms. The van der Waals surface area contributed by atoms with Crippen molar-refractivity contribution in [2.24, 2.45) is 5.92 Å². The maximum absolute atomic E-state index is 14.0. The number of esters is 1. The van der Waals surface area contributed by atoms with Crippen LogP contribution >= 0.6 is 0 Å². The summed E-state index contributed by atoms with van der Waals surface area (Å²) in [6, 6.07) is 24.0. The van der Waals surface area contributed by atoms with Crippen LogP contribution in [0.5, 0.6) is 0 Å². The quantitative estimate of drug-likeness (QED) is 0.257. The van der Waals surface area contributed by atoms with E-state index in [0.29, 0.717) is 32.2 Å². The number of carbonyl (C=O) groups is 2. The van der Waals surface area contributed by atoms with Crippen LogP contribution in [-0.2, 0) is 30.9 Å². The monoisotopic (exact) mass is 589 g/mol. The second kappa shape index (κ2) is 13.8. The fourth-order valence-corrected chi connectivity index (χ4v) is 6.08. The van der Waals surface area contributed by atoms with Gasteiger partial charge in [-0.3, -0.25) is 4.79 Å². The van der Waals surface area contributed by atoms with E-state index in [-0.39, 0.29) is 17.9 Å². The van der Waals surface area contributed by atoms with Crippen molar-refractivity contribution in [3.05, 3.63) is 90.0 Å². The predicted octanol–water partition coefficient (Wildman–Crippen LogP) is 5.25. The Kier molecular flexibility index (Phi) is 10.2. The summed E-state index contributed by atoms with van der Waals surface area (Å²) in [7, 11) is 2.06. The van der Waals surface area contributed by atoms with Gasteiger partial charge in [0.25, 0.3) is 0 Å². The number of nitrogens with one attached hydrogen (secondary N) is 1. The van der Waals surface area contributed by atoms with E-state index >= 15 is 0 Å². The van der Waals surface area contributed by atoms with Gasteiger partial charge in [0.1, 0.15) is 0 Å². The summed E-state index contributed by atoms with van der Waals surface area (Å²) in [6.45, 7) is 0.379. The van der Waals surface area contributed by atoms with Gasteiger partial charge in [-0.2, -0.15) is 0 Å². The summed E-state index contributed by atoms with van der Waals surface area (Å²) >= 11 is 0. The fourth-order valence-electron chi connectivity index (χ4n) is 5.24. The van der Waals surface area contributed by atoms with Crippen LogP contribution in [0.25, 0.3) is 17.2 Å². The molecule has 0 bridgehead atoms. The molecule has 3 aromatic rings. The van der Waals surface area contributed by atoms with E-state index in [9.17, 15) is 18.0 Å². The first-order chi connectivity index (χ1) is 20.0. The largest absolute Gasteiger partial charge is 0.466 e. The molecule has 42 heavy (non-hydrogen) atoms. The number of benzene rings is 3. The molecule has 1 aliphatic rings.